The maximum absolute atomic E-state index is 15.8. The van der Waals surface area contributed by atoms with E-state index in [1.54, 1.807) is 14.1 Å². The highest BCUT2D eigenvalue weighted by Crippen LogP contribution is 2.52. The summed E-state index contributed by atoms with van der Waals surface area (Å²) in [7, 11) is 3.11. The number of ketones is 3. The minimum atomic E-state index is -2.56. The van der Waals surface area contributed by atoms with E-state index in [1.165, 1.54) is 4.90 Å². The number of carbonyl (C=O) groups is 4. The third-order valence-electron chi connectivity index (χ3n) is 9.22. The number of aliphatic hydroxyl groups is 1. The van der Waals surface area contributed by atoms with E-state index in [9.17, 15) is 29.4 Å². The molecule has 6 atom stereocenters. The molecule has 3 saturated carbocycles. The van der Waals surface area contributed by atoms with Gasteiger partial charge in [0.2, 0.25) is 5.91 Å². The Labute approximate surface area is 212 Å². The molecule has 10 nitrogen and oxygen atoms in total. The summed E-state index contributed by atoms with van der Waals surface area (Å²) in [5, 5.41) is 31.3. The maximum Gasteiger partial charge on any atom is 0.233 e. The van der Waals surface area contributed by atoms with Gasteiger partial charge in [-0.2, -0.15) is 0 Å². The fraction of sp³-hybridized carbons (Fsp3) is 0.577. The van der Waals surface area contributed by atoms with E-state index >= 15 is 4.39 Å². The highest BCUT2D eigenvalue weighted by Gasteiger charge is 2.67. The van der Waals surface area contributed by atoms with E-state index < -0.39 is 70.1 Å². The van der Waals surface area contributed by atoms with E-state index in [0.717, 1.165) is 12.8 Å². The number of carbonyl (C=O) groups excluding carboxylic acids is 4. The fourth-order valence-electron chi connectivity index (χ4n) is 7.35. The molecule has 196 valence electrons. The van der Waals surface area contributed by atoms with Crippen molar-refractivity contribution < 1.29 is 33.8 Å². The number of halogens is 1. The Morgan fingerprint density at radius 1 is 1.16 bits per heavy atom. The Bertz CT molecular complexity index is 1320. The van der Waals surface area contributed by atoms with Crippen LogP contribution in [0, 0.1) is 34.9 Å². The summed E-state index contributed by atoms with van der Waals surface area (Å²) in [6.45, 7) is 0.661. The molecule has 6 rings (SSSR count). The molecule has 37 heavy (non-hydrogen) atoms. The molecule has 1 aliphatic heterocycles. The summed E-state index contributed by atoms with van der Waals surface area (Å²) in [6.07, 6.45) is 1.95. The van der Waals surface area contributed by atoms with Crippen LogP contribution < -0.4 is 5.73 Å². The molecule has 0 radical (unpaired) electrons. The number of phenolic OH excluding ortho intramolecular Hbond substituents is 1. The number of hydrogen-bond donors (Lipinski definition) is 4. The van der Waals surface area contributed by atoms with Crippen LogP contribution in [-0.4, -0.2) is 80.8 Å². The average molecular weight is 513 g/mol. The molecule has 1 aromatic carbocycles. The zero-order chi connectivity index (χ0) is 26.7. The predicted molar refractivity (Wildman–Crippen MR) is 126 cm³/mol. The van der Waals surface area contributed by atoms with Crippen molar-refractivity contribution in [2.45, 2.75) is 56.5 Å². The Morgan fingerprint density at radius 3 is 2.41 bits per heavy atom. The van der Waals surface area contributed by atoms with Gasteiger partial charge in [-0.15, -0.1) is 0 Å². The van der Waals surface area contributed by atoms with Crippen LogP contribution in [0.2, 0.25) is 0 Å². The first-order chi connectivity index (χ1) is 17.4. The molecule has 0 bridgehead atoms. The van der Waals surface area contributed by atoms with Crippen molar-refractivity contribution in [2.75, 3.05) is 14.1 Å². The van der Waals surface area contributed by atoms with Crippen molar-refractivity contribution in [1.29, 1.82) is 5.41 Å². The van der Waals surface area contributed by atoms with Gasteiger partial charge in [0.25, 0.3) is 0 Å². The Morgan fingerprint density at radius 2 is 1.81 bits per heavy atom. The minimum absolute atomic E-state index is 0.0218. The van der Waals surface area contributed by atoms with Gasteiger partial charge in [0, 0.05) is 41.7 Å². The maximum atomic E-state index is 15.8. The molecule has 4 aliphatic carbocycles. The van der Waals surface area contributed by atoms with Crippen LogP contribution >= 0.6 is 0 Å². The monoisotopic (exact) mass is 512 g/mol. The summed E-state index contributed by atoms with van der Waals surface area (Å²) in [5.74, 6) is -9.60. The molecule has 0 aromatic heterocycles. The summed E-state index contributed by atoms with van der Waals surface area (Å²) in [6, 6.07) is -0.784. The van der Waals surface area contributed by atoms with Crippen LogP contribution in [0.1, 0.15) is 46.3 Å². The summed E-state index contributed by atoms with van der Waals surface area (Å²) < 4.78 is 15.8. The van der Waals surface area contributed by atoms with E-state index in [4.69, 9.17) is 11.1 Å². The van der Waals surface area contributed by atoms with Crippen molar-refractivity contribution in [1.82, 2.24) is 9.80 Å². The highest BCUT2D eigenvalue weighted by molar-refractivity contribution is 6.33. The standard InChI is InChI=1S/C26H29FN4O6/c1-30(2)19-14-6-9-5-11-16(20(32)13-8-31(10-3-4-10)7-12(13)18(11)27)21(33)15(9)24(35)26(14,37)23(28)17(22(19)34)25(29)36/h9-10,14-15,17,19,28,32,37H,3-8H2,1-2H3,(H2,29,36). The van der Waals surface area contributed by atoms with Crippen molar-refractivity contribution in [3.8, 4) is 5.75 Å². The quantitative estimate of drug-likeness (QED) is 0.409. The number of fused-ring (bicyclic) bond motifs is 4. The van der Waals surface area contributed by atoms with E-state index in [1.807, 2.05) is 0 Å². The first-order valence-corrected chi connectivity index (χ1v) is 12.6. The molecule has 6 unspecified atom stereocenters. The lowest BCUT2D eigenvalue weighted by Gasteiger charge is -2.53. The number of phenols is 1. The van der Waals surface area contributed by atoms with Gasteiger partial charge < -0.3 is 21.4 Å². The SMILES string of the molecule is CN(C)C1C(=O)C(C(N)=O)C(=N)C2(O)C(=O)C3C(=O)c4c(O)c5c(c(F)c4CC3CC12)CN(C1CC1)C5. The number of primary amides is 1. The van der Waals surface area contributed by atoms with E-state index in [-0.39, 0.29) is 29.7 Å². The van der Waals surface area contributed by atoms with Crippen molar-refractivity contribution in [2.24, 2.45) is 29.4 Å². The first kappa shape index (κ1) is 24.3. The number of likely N-dealkylation sites (N-methyl/N-ethyl adjacent to an activating group) is 1. The summed E-state index contributed by atoms with van der Waals surface area (Å²) in [4.78, 5) is 56.5. The van der Waals surface area contributed by atoms with Crippen LogP contribution in [0.4, 0.5) is 4.39 Å². The average Bonchev–Trinajstić information content (AvgIpc) is 3.57. The fourth-order valence-corrected chi connectivity index (χ4v) is 7.35. The van der Waals surface area contributed by atoms with Crippen LogP contribution in [-0.2, 0) is 33.9 Å². The lowest BCUT2D eigenvalue weighted by molar-refractivity contribution is -0.157. The Kier molecular flexibility index (Phi) is 5.09. The van der Waals surface area contributed by atoms with Gasteiger partial charge in [-0.3, -0.25) is 29.0 Å². The lowest BCUT2D eigenvalue weighted by atomic mass is 9.52. The summed E-state index contributed by atoms with van der Waals surface area (Å²) in [5.41, 5.74) is 2.57. The second-order valence-electron chi connectivity index (χ2n) is 11.4. The smallest absolute Gasteiger partial charge is 0.233 e. The van der Waals surface area contributed by atoms with E-state index in [2.05, 4.69) is 4.90 Å². The van der Waals surface area contributed by atoms with Crippen molar-refractivity contribution >= 4 is 29.0 Å². The number of Topliss-reactive ketones (excluding diaryl/α,β-unsaturated/α-hetero) is 3. The topological polar surface area (TPSA) is 165 Å². The molecule has 5 N–H and O–H groups in total. The number of nitrogens with one attached hydrogen (secondary N) is 1. The number of rotatable bonds is 3. The second kappa shape index (κ2) is 7.75. The van der Waals surface area contributed by atoms with E-state index in [0.29, 0.717) is 30.3 Å². The third kappa shape index (κ3) is 3.04. The Balaban J connectivity index is 1.46. The molecule has 0 spiro atoms. The third-order valence-corrected chi connectivity index (χ3v) is 9.22. The zero-order valence-electron chi connectivity index (χ0n) is 20.6. The molecule has 1 amide bonds. The number of aromatic hydroxyl groups is 1. The highest BCUT2D eigenvalue weighted by atomic mass is 19.1. The predicted octanol–water partition coefficient (Wildman–Crippen LogP) is -0.0652. The molecule has 1 aromatic rings. The second-order valence-corrected chi connectivity index (χ2v) is 11.4. The molecule has 3 fully saturated rings. The van der Waals surface area contributed by atoms with Gasteiger partial charge in [0.05, 0.1) is 23.2 Å². The molecular weight excluding hydrogens is 483 g/mol. The molecule has 11 heteroatoms. The van der Waals surface area contributed by atoms with Gasteiger partial charge in [-0.1, -0.05) is 0 Å². The number of benzene rings is 1. The molecule has 1 heterocycles. The largest absolute Gasteiger partial charge is 0.507 e. The van der Waals surface area contributed by atoms with Gasteiger partial charge in [0.15, 0.2) is 23.0 Å². The van der Waals surface area contributed by atoms with Gasteiger partial charge >= 0.3 is 0 Å². The van der Waals surface area contributed by atoms with Crippen molar-refractivity contribution in [3.63, 3.8) is 0 Å². The number of amides is 1. The van der Waals surface area contributed by atoms with Crippen molar-refractivity contribution in [3.05, 3.63) is 28.1 Å². The minimum Gasteiger partial charge on any atom is -0.507 e. The molecular formula is C26H29FN4O6. The lowest BCUT2D eigenvalue weighted by Crippen LogP contribution is -2.73. The van der Waals surface area contributed by atoms with Gasteiger partial charge in [0.1, 0.15) is 17.5 Å². The van der Waals surface area contributed by atoms with Crippen LogP contribution in [0.15, 0.2) is 0 Å². The van der Waals surface area contributed by atoms with Gasteiger partial charge in [-0.05, 0) is 45.7 Å². The number of hydrogen-bond acceptors (Lipinski definition) is 9. The van der Waals surface area contributed by atoms with Gasteiger partial charge in [-0.25, -0.2) is 4.39 Å². The van der Waals surface area contributed by atoms with Crippen LogP contribution in [0.5, 0.6) is 5.75 Å². The number of nitrogens with two attached hydrogens (primary N) is 1. The normalized spacial score (nSPS) is 35.3. The summed E-state index contributed by atoms with van der Waals surface area (Å²) >= 11 is 0. The first-order valence-electron chi connectivity index (χ1n) is 12.6. The van der Waals surface area contributed by atoms with Crippen LogP contribution in [0.3, 0.4) is 0 Å². The zero-order valence-corrected chi connectivity index (χ0v) is 20.6. The number of nitrogens with zero attached hydrogens (tertiary/aromatic N) is 2. The molecule has 5 aliphatic rings. The van der Waals surface area contributed by atoms with Crippen LogP contribution in [0.25, 0.3) is 0 Å². The Hall–Kier alpha value is -3.02. The molecule has 0 saturated heterocycles.